The van der Waals surface area contributed by atoms with E-state index in [9.17, 15) is 4.39 Å². The molecule has 0 saturated carbocycles. The molecule has 3 nitrogen and oxygen atoms in total. The van der Waals surface area contributed by atoms with Crippen molar-refractivity contribution in [2.45, 2.75) is 19.8 Å². The van der Waals surface area contributed by atoms with Gasteiger partial charge in [0.25, 0.3) is 0 Å². The number of benzene rings is 2. The molecule has 0 heterocycles. The summed E-state index contributed by atoms with van der Waals surface area (Å²) in [4.78, 5) is 0. The molecule has 20 heavy (non-hydrogen) atoms. The molecule has 2 N–H and O–H groups in total. The van der Waals surface area contributed by atoms with Crippen molar-refractivity contribution in [1.82, 2.24) is 0 Å². The fraction of sp³-hybridized carbons (Fsp3) is 0.250. The Kier molecular flexibility index (Phi) is 5.09. The lowest BCUT2D eigenvalue weighted by Crippen LogP contribution is -2.04. The van der Waals surface area contributed by atoms with Gasteiger partial charge in [-0.1, -0.05) is 18.2 Å². The van der Waals surface area contributed by atoms with Gasteiger partial charge < -0.3 is 15.2 Å². The maximum Gasteiger partial charge on any atom is 0.123 e. The molecule has 0 amide bonds. The van der Waals surface area contributed by atoms with E-state index in [4.69, 9.17) is 15.2 Å². The molecule has 0 radical (unpaired) electrons. The third kappa shape index (κ3) is 3.79. The first kappa shape index (κ1) is 14.5. The molecule has 0 unspecified atom stereocenters. The molecule has 0 fully saturated rings. The van der Waals surface area contributed by atoms with Gasteiger partial charge in [-0.3, -0.25) is 0 Å². The normalized spacial score (nSPS) is 10.6. The minimum absolute atomic E-state index is 0.276. The number of methoxy groups -OCH3 is 1. The molecule has 0 aliphatic heterocycles. The monoisotopic (exact) mass is 275 g/mol. The number of halogens is 1. The van der Waals surface area contributed by atoms with E-state index < -0.39 is 0 Å². The first-order valence-corrected chi connectivity index (χ1v) is 6.41. The van der Waals surface area contributed by atoms with Crippen LogP contribution >= 0.6 is 0 Å². The third-order valence-electron chi connectivity index (χ3n) is 3.05. The standard InChI is InChI=1S/C16H18FNO2/c1-19-16-4-2-3-12(7-16)10-20-11-13-5-6-15(17)8-14(13)9-18/h2-8H,9-11,18H2,1H3. The summed E-state index contributed by atoms with van der Waals surface area (Å²) in [6.07, 6.45) is 0. The molecule has 0 saturated heterocycles. The van der Waals surface area contributed by atoms with Crippen LogP contribution in [0.5, 0.6) is 5.75 Å². The van der Waals surface area contributed by atoms with E-state index in [-0.39, 0.29) is 5.82 Å². The van der Waals surface area contributed by atoms with Crippen LogP contribution in [0.25, 0.3) is 0 Å². The van der Waals surface area contributed by atoms with Crippen LogP contribution in [0, 0.1) is 5.82 Å². The molecule has 2 rings (SSSR count). The fourth-order valence-electron chi connectivity index (χ4n) is 1.97. The first-order valence-electron chi connectivity index (χ1n) is 6.41. The SMILES string of the molecule is COc1cccc(COCc2ccc(F)cc2CN)c1. The molecular formula is C16H18FNO2. The number of rotatable bonds is 6. The van der Waals surface area contributed by atoms with Gasteiger partial charge in [0.1, 0.15) is 11.6 Å². The van der Waals surface area contributed by atoms with Gasteiger partial charge in [0.15, 0.2) is 0 Å². The Morgan fingerprint density at radius 3 is 2.65 bits per heavy atom. The van der Waals surface area contributed by atoms with E-state index in [0.29, 0.717) is 19.8 Å². The van der Waals surface area contributed by atoms with Crippen molar-refractivity contribution in [3.05, 3.63) is 65.0 Å². The van der Waals surface area contributed by atoms with Crippen LogP contribution in [0.4, 0.5) is 4.39 Å². The maximum absolute atomic E-state index is 13.1. The van der Waals surface area contributed by atoms with E-state index in [1.807, 2.05) is 24.3 Å². The Balaban J connectivity index is 1.95. The van der Waals surface area contributed by atoms with Crippen LogP contribution in [0.15, 0.2) is 42.5 Å². The second-order valence-electron chi connectivity index (χ2n) is 4.46. The fourth-order valence-corrected chi connectivity index (χ4v) is 1.97. The molecule has 0 bridgehead atoms. The van der Waals surface area contributed by atoms with Crippen LogP contribution in [-0.4, -0.2) is 7.11 Å². The molecule has 106 valence electrons. The number of hydrogen-bond acceptors (Lipinski definition) is 3. The van der Waals surface area contributed by atoms with Crippen LogP contribution in [0.3, 0.4) is 0 Å². The molecule has 2 aromatic rings. The van der Waals surface area contributed by atoms with Crippen LogP contribution in [0.2, 0.25) is 0 Å². The maximum atomic E-state index is 13.1. The second kappa shape index (κ2) is 7.03. The number of ether oxygens (including phenoxy) is 2. The van der Waals surface area contributed by atoms with Gasteiger partial charge in [-0.2, -0.15) is 0 Å². The van der Waals surface area contributed by atoms with E-state index in [2.05, 4.69) is 0 Å². The van der Waals surface area contributed by atoms with Crippen molar-refractivity contribution in [2.24, 2.45) is 5.73 Å². The van der Waals surface area contributed by atoms with Gasteiger partial charge in [-0.05, 0) is 41.0 Å². The number of hydrogen-bond donors (Lipinski definition) is 1. The highest BCUT2D eigenvalue weighted by molar-refractivity contribution is 5.29. The first-order chi connectivity index (χ1) is 9.72. The Morgan fingerprint density at radius 1 is 1.05 bits per heavy atom. The van der Waals surface area contributed by atoms with Gasteiger partial charge in [-0.25, -0.2) is 4.39 Å². The lowest BCUT2D eigenvalue weighted by atomic mass is 10.1. The van der Waals surface area contributed by atoms with E-state index in [0.717, 1.165) is 22.4 Å². The minimum Gasteiger partial charge on any atom is -0.497 e. The summed E-state index contributed by atoms with van der Waals surface area (Å²) >= 11 is 0. The van der Waals surface area contributed by atoms with Gasteiger partial charge in [0.2, 0.25) is 0 Å². The highest BCUT2D eigenvalue weighted by Gasteiger charge is 2.03. The van der Waals surface area contributed by atoms with Crippen molar-refractivity contribution < 1.29 is 13.9 Å². The lowest BCUT2D eigenvalue weighted by Gasteiger charge is -2.09. The summed E-state index contributed by atoms with van der Waals surface area (Å²) in [5.41, 5.74) is 8.32. The van der Waals surface area contributed by atoms with Crippen molar-refractivity contribution in [2.75, 3.05) is 7.11 Å². The second-order valence-corrected chi connectivity index (χ2v) is 4.46. The van der Waals surface area contributed by atoms with Crippen LogP contribution in [-0.2, 0) is 24.5 Å². The quantitative estimate of drug-likeness (QED) is 0.881. The highest BCUT2D eigenvalue weighted by Crippen LogP contribution is 2.16. The smallest absolute Gasteiger partial charge is 0.123 e. The summed E-state index contributed by atoms with van der Waals surface area (Å²) in [5.74, 6) is 0.525. The third-order valence-corrected chi connectivity index (χ3v) is 3.05. The highest BCUT2D eigenvalue weighted by atomic mass is 19.1. The molecular weight excluding hydrogens is 257 g/mol. The molecule has 4 heteroatoms. The Bertz CT molecular complexity index is 572. The Labute approximate surface area is 118 Å². The summed E-state index contributed by atoms with van der Waals surface area (Å²) < 4.78 is 23.9. The van der Waals surface area contributed by atoms with Crippen molar-refractivity contribution in [3.63, 3.8) is 0 Å². The van der Waals surface area contributed by atoms with Crippen molar-refractivity contribution >= 4 is 0 Å². The number of nitrogens with two attached hydrogens (primary N) is 1. The average molecular weight is 275 g/mol. The molecule has 0 aliphatic rings. The van der Waals surface area contributed by atoms with Crippen LogP contribution < -0.4 is 10.5 Å². The molecule has 2 aromatic carbocycles. The van der Waals surface area contributed by atoms with Crippen molar-refractivity contribution in [3.8, 4) is 5.75 Å². The van der Waals surface area contributed by atoms with Crippen molar-refractivity contribution in [1.29, 1.82) is 0 Å². The summed E-state index contributed by atoms with van der Waals surface area (Å²) in [7, 11) is 1.63. The van der Waals surface area contributed by atoms with Gasteiger partial charge in [0, 0.05) is 6.54 Å². The summed E-state index contributed by atoms with van der Waals surface area (Å²) in [5, 5.41) is 0. The zero-order chi connectivity index (χ0) is 14.4. The molecule has 0 spiro atoms. The average Bonchev–Trinajstić information content (AvgIpc) is 2.49. The molecule has 0 atom stereocenters. The zero-order valence-electron chi connectivity index (χ0n) is 11.4. The van der Waals surface area contributed by atoms with Crippen LogP contribution in [0.1, 0.15) is 16.7 Å². The predicted octanol–water partition coefficient (Wildman–Crippen LogP) is 3.01. The van der Waals surface area contributed by atoms with Gasteiger partial charge in [0.05, 0.1) is 20.3 Å². The molecule has 0 aliphatic carbocycles. The largest absolute Gasteiger partial charge is 0.497 e. The molecule has 0 aromatic heterocycles. The summed E-state index contributed by atoms with van der Waals surface area (Å²) in [6.45, 7) is 1.18. The van der Waals surface area contributed by atoms with E-state index in [1.54, 1.807) is 13.2 Å². The minimum atomic E-state index is -0.276. The zero-order valence-corrected chi connectivity index (χ0v) is 11.4. The van der Waals surface area contributed by atoms with Gasteiger partial charge >= 0.3 is 0 Å². The summed E-state index contributed by atoms with van der Waals surface area (Å²) in [6, 6.07) is 12.3. The van der Waals surface area contributed by atoms with E-state index >= 15 is 0 Å². The van der Waals surface area contributed by atoms with E-state index in [1.165, 1.54) is 12.1 Å². The predicted molar refractivity (Wildman–Crippen MR) is 75.8 cm³/mol. The lowest BCUT2D eigenvalue weighted by molar-refractivity contribution is 0.106. The topological polar surface area (TPSA) is 44.5 Å². The Hall–Kier alpha value is -1.91. The van der Waals surface area contributed by atoms with Gasteiger partial charge in [-0.15, -0.1) is 0 Å². The Morgan fingerprint density at radius 2 is 1.90 bits per heavy atom.